The number of allylic oxidation sites excluding steroid dienone is 4. The minimum Gasteiger partial charge on any atom is -0.0913 e. The summed E-state index contributed by atoms with van der Waals surface area (Å²) in [4.78, 5) is 0. The largest absolute Gasteiger partial charge is 0.0913 e. The van der Waals surface area contributed by atoms with E-state index in [0.717, 1.165) is 6.42 Å². The summed E-state index contributed by atoms with van der Waals surface area (Å²) in [6, 6.07) is 0. The molecule has 0 aromatic rings. The van der Waals surface area contributed by atoms with E-state index in [1.165, 1.54) is 19.3 Å². The summed E-state index contributed by atoms with van der Waals surface area (Å²) in [5, 5.41) is 0. The Labute approximate surface area is 71.0 Å². The highest BCUT2D eigenvalue weighted by atomic mass is 14.0. The zero-order chi connectivity index (χ0) is 8.53. The van der Waals surface area contributed by atoms with Gasteiger partial charge in [0.2, 0.25) is 0 Å². The molecule has 0 atom stereocenters. The Morgan fingerprint density at radius 3 is 2.45 bits per heavy atom. The summed E-state index contributed by atoms with van der Waals surface area (Å²) < 4.78 is 0. The van der Waals surface area contributed by atoms with E-state index in [0.29, 0.717) is 0 Å². The molecule has 0 aliphatic rings. The normalized spacial score (nSPS) is 12.8. The van der Waals surface area contributed by atoms with E-state index < -0.39 is 0 Å². The third-order valence-electron chi connectivity index (χ3n) is 1.68. The van der Waals surface area contributed by atoms with E-state index in [-0.39, 0.29) is 0 Å². The third-order valence-corrected chi connectivity index (χ3v) is 1.68. The highest BCUT2D eigenvalue weighted by Crippen LogP contribution is 2.10. The van der Waals surface area contributed by atoms with E-state index in [4.69, 9.17) is 0 Å². The SMILES string of the molecule is C/C=C\C/C(=C\CC)CCC. The van der Waals surface area contributed by atoms with Crippen LogP contribution in [0.1, 0.15) is 46.5 Å². The molecule has 0 heteroatoms. The van der Waals surface area contributed by atoms with Gasteiger partial charge in [0.25, 0.3) is 0 Å². The van der Waals surface area contributed by atoms with Crippen molar-refractivity contribution in [3.05, 3.63) is 23.8 Å². The molecule has 0 fully saturated rings. The van der Waals surface area contributed by atoms with Gasteiger partial charge < -0.3 is 0 Å². The standard InChI is InChI=1S/C11H20/c1-4-7-10-11(8-5-2)9-6-3/h4,7-8H,5-6,9-10H2,1-3H3/b7-4-,11-8-. The maximum atomic E-state index is 2.35. The van der Waals surface area contributed by atoms with Crippen LogP contribution in [0.4, 0.5) is 0 Å². The Hall–Kier alpha value is -0.520. The fraction of sp³-hybridized carbons (Fsp3) is 0.636. The molecule has 0 amide bonds. The molecule has 0 bridgehead atoms. The van der Waals surface area contributed by atoms with Crippen molar-refractivity contribution in [2.45, 2.75) is 46.5 Å². The lowest BCUT2D eigenvalue weighted by Gasteiger charge is -2.00. The molecule has 0 spiro atoms. The first kappa shape index (κ1) is 10.5. The summed E-state index contributed by atoms with van der Waals surface area (Å²) in [7, 11) is 0. The number of rotatable bonds is 5. The van der Waals surface area contributed by atoms with Crippen LogP contribution in [0, 0.1) is 0 Å². The highest BCUT2D eigenvalue weighted by Gasteiger charge is 1.90. The van der Waals surface area contributed by atoms with Crippen molar-refractivity contribution in [1.82, 2.24) is 0 Å². The summed E-state index contributed by atoms with van der Waals surface area (Å²) in [6.45, 7) is 6.51. The minimum atomic E-state index is 1.15. The molecular formula is C11H20. The first-order valence-corrected chi connectivity index (χ1v) is 4.64. The lowest BCUT2D eigenvalue weighted by atomic mass is 10.1. The van der Waals surface area contributed by atoms with E-state index >= 15 is 0 Å². The Balaban J connectivity index is 3.78. The second-order valence-electron chi connectivity index (χ2n) is 2.79. The molecule has 0 aromatic carbocycles. The van der Waals surface area contributed by atoms with Crippen LogP contribution in [0.15, 0.2) is 23.8 Å². The zero-order valence-corrected chi connectivity index (χ0v) is 8.06. The molecular weight excluding hydrogens is 132 g/mol. The number of hydrogen-bond donors (Lipinski definition) is 0. The second-order valence-corrected chi connectivity index (χ2v) is 2.79. The van der Waals surface area contributed by atoms with Crippen LogP contribution in [-0.4, -0.2) is 0 Å². The van der Waals surface area contributed by atoms with Gasteiger partial charge in [-0.25, -0.2) is 0 Å². The smallest absolute Gasteiger partial charge is 0.0139 e. The van der Waals surface area contributed by atoms with Crippen molar-refractivity contribution in [3.63, 3.8) is 0 Å². The van der Waals surface area contributed by atoms with Crippen molar-refractivity contribution >= 4 is 0 Å². The van der Waals surface area contributed by atoms with Gasteiger partial charge in [-0.2, -0.15) is 0 Å². The summed E-state index contributed by atoms with van der Waals surface area (Å²) in [5.74, 6) is 0. The van der Waals surface area contributed by atoms with E-state index in [9.17, 15) is 0 Å². The van der Waals surface area contributed by atoms with Gasteiger partial charge in [-0.1, -0.05) is 44.1 Å². The molecule has 0 rings (SSSR count). The predicted molar refractivity (Wildman–Crippen MR) is 52.7 cm³/mol. The molecule has 0 aliphatic heterocycles. The Bertz CT molecular complexity index is 129. The number of hydrogen-bond acceptors (Lipinski definition) is 0. The van der Waals surface area contributed by atoms with Gasteiger partial charge in [0, 0.05) is 0 Å². The predicted octanol–water partition coefficient (Wildman–Crippen LogP) is 4.09. The first-order valence-electron chi connectivity index (χ1n) is 4.64. The van der Waals surface area contributed by atoms with Crippen molar-refractivity contribution < 1.29 is 0 Å². The molecule has 0 N–H and O–H groups in total. The Morgan fingerprint density at radius 2 is 2.00 bits per heavy atom. The van der Waals surface area contributed by atoms with Gasteiger partial charge in [-0.15, -0.1) is 0 Å². The lowest BCUT2D eigenvalue weighted by Crippen LogP contribution is -1.80. The first-order chi connectivity index (χ1) is 5.35. The van der Waals surface area contributed by atoms with Gasteiger partial charge in [0.1, 0.15) is 0 Å². The second kappa shape index (κ2) is 7.59. The average molecular weight is 152 g/mol. The fourth-order valence-corrected chi connectivity index (χ4v) is 1.17. The van der Waals surface area contributed by atoms with E-state index in [2.05, 4.69) is 39.0 Å². The summed E-state index contributed by atoms with van der Waals surface area (Å²) >= 11 is 0. The highest BCUT2D eigenvalue weighted by molar-refractivity contribution is 5.06. The lowest BCUT2D eigenvalue weighted by molar-refractivity contribution is 0.869. The third kappa shape index (κ3) is 5.90. The maximum absolute atomic E-state index is 2.35. The van der Waals surface area contributed by atoms with Crippen LogP contribution in [-0.2, 0) is 0 Å². The topological polar surface area (TPSA) is 0 Å². The van der Waals surface area contributed by atoms with E-state index in [1.54, 1.807) is 5.57 Å². The van der Waals surface area contributed by atoms with E-state index in [1.807, 2.05) is 0 Å². The van der Waals surface area contributed by atoms with Crippen molar-refractivity contribution in [2.75, 3.05) is 0 Å². The molecule has 0 radical (unpaired) electrons. The Kier molecular flexibility index (Phi) is 7.23. The molecule has 0 unspecified atom stereocenters. The summed E-state index contributed by atoms with van der Waals surface area (Å²) in [6.07, 6.45) is 11.6. The van der Waals surface area contributed by atoms with Crippen molar-refractivity contribution in [2.24, 2.45) is 0 Å². The van der Waals surface area contributed by atoms with Crippen LogP contribution in [0.2, 0.25) is 0 Å². The van der Waals surface area contributed by atoms with Crippen molar-refractivity contribution in [1.29, 1.82) is 0 Å². The molecule has 0 heterocycles. The minimum absolute atomic E-state index is 1.15. The molecule has 0 saturated heterocycles. The van der Waals surface area contributed by atoms with Crippen LogP contribution in [0.25, 0.3) is 0 Å². The Morgan fingerprint density at radius 1 is 1.27 bits per heavy atom. The fourth-order valence-electron chi connectivity index (χ4n) is 1.17. The molecule has 0 saturated carbocycles. The molecule has 11 heavy (non-hydrogen) atoms. The quantitative estimate of drug-likeness (QED) is 0.520. The van der Waals surface area contributed by atoms with Gasteiger partial charge in [-0.05, 0) is 26.2 Å². The van der Waals surface area contributed by atoms with Gasteiger partial charge in [0.15, 0.2) is 0 Å². The van der Waals surface area contributed by atoms with Gasteiger partial charge in [0.05, 0.1) is 0 Å². The monoisotopic (exact) mass is 152 g/mol. The molecule has 64 valence electrons. The van der Waals surface area contributed by atoms with Crippen LogP contribution >= 0.6 is 0 Å². The van der Waals surface area contributed by atoms with Gasteiger partial charge in [-0.3, -0.25) is 0 Å². The molecule has 0 aromatic heterocycles. The zero-order valence-electron chi connectivity index (χ0n) is 8.06. The molecule has 0 aliphatic carbocycles. The van der Waals surface area contributed by atoms with Crippen LogP contribution in [0.3, 0.4) is 0 Å². The van der Waals surface area contributed by atoms with Crippen molar-refractivity contribution in [3.8, 4) is 0 Å². The average Bonchev–Trinajstić information content (AvgIpc) is 2.01. The summed E-state index contributed by atoms with van der Waals surface area (Å²) in [5.41, 5.74) is 1.59. The maximum Gasteiger partial charge on any atom is -0.0139 e. The van der Waals surface area contributed by atoms with Crippen LogP contribution in [0.5, 0.6) is 0 Å². The van der Waals surface area contributed by atoms with Gasteiger partial charge >= 0.3 is 0 Å². The van der Waals surface area contributed by atoms with Crippen LogP contribution < -0.4 is 0 Å². The molecule has 0 nitrogen and oxygen atoms in total.